The van der Waals surface area contributed by atoms with E-state index in [-0.39, 0.29) is 29.9 Å². The molecule has 1 unspecified atom stereocenters. The smallest absolute Gasteiger partial charge is 0.243 e. The number of benzene rings is 2. The molecule has 0 radical (unpaired) electrons. The maximum Gasteiger partial charge on any atom is 0.243 e. The van der Waals surface area contributed by atoms with Crippen molar-refractivity contribution in [2.45, 2.75) is 37.6 Å². The van der Waals surface area contributed by atoms with Gasteiger partial charge in [0.1, 0.15) is 0 Å². The molecule has 1 aliphatic rings. The van der Waals surface area contributed by atoms with Gasteiger partial charge in [0.15, 0.2) is 0 Å². The van der Waals surface area contributed by atoms with E-state index < -0.39 is 10.0 Å². The number of hydrogen-bond acceptors (Lipinski definition) is 4. The zero-order valence-electron chi connectivity index (χ0n) is 18.7. The first-order chi connectivity index (χ1) is 15.8. The van der Waals surface area contributed by atoms with Gasteiger partial charge in [0, 0.05) is 23.0 Å². The van der Waals surface area contributed by atoms with Crippen molar-refractivity contribution in [2.24, 2.45) is 0 Å². The molecule has 1 aliphatic heterocycles. The normalized spacial score (nSPS) is 16.1. The highest BCUT2D eigenvalue weighted by Gasteiger charge is 2.35. The Morgan fingerprint density at radius 1 is 1.12 bits per heavy atom. The first kappa shape index (κ1) is 24.0. The van der Waals surface area contributed by atoms with E-state index in [4.69, 9.17) is 11.6 Å². The van der Waals surface area contributed by atoms with Crippen molar-refractivity contribution in [2.75, 3.05) is 19.6 Å². The van der Waals surface area contributed by atoms with Crippen LogP contribution < -0.4 is 0 Å². The van der Waals surface area contributed by atoms with Crippen molar-refractivity contribution in [3.05, 3.63) is 86.6 Å². The standard InChI is InChI=1S/C25H27ClN2O3S2/c1-3-14-27(33(30,31)21-10-4-18(2)5-11-21)17-24(29)28-15-12-23-22(13-16-32-23)25(28)19-6-8-20(26)9-7-19/h4-11,13,16,25H,3,12,14-15,17H2,1-2H3. The monoisotopic (exact) mass is 502 g/mol. The second-order valence-corrected chi connectivity index (χ2v) is 11.6. The summed E-state index contributed by atoms with van der Waals surface area (Å²) < 4.78 is 28.0. The molecule has 2 heterocycles. The van der Waals surface area contributed by atoms with Crippen molar-refractivity contribution in [3.63, 3.8) is 0 Å². The molecule has 0 fully saturated rings. The Bertz CT molecular complexity index is 1220. The molecule has 1 amide bonds. The van der Waals surface area contributed by atoms with E-state index in [0.717, 1.165) is 23.1 Å². The maximum absolute atomic E-state index is 13.6. The van der Waals surface area contributed by atoms with Gasteiger partial charge in [0.05, 0.1) is 17.5 Å². The Labute approximate surface area is 204 Å². The molecule has 2 aromatic carbocycles. The highest BCUT2D eigenvalue weighted by molar-refractivity contribution is 7.89. The molecule has 1 aromatic heterocycles. The van der Waals surface area contributed by atoms with Gasteiger partial charge in [-0.3, -0.25) is 4.79 Å². The maximum atomic E-state index is 13.6. The van der Waals surface area contributed by atoms with Crippen LogP contribution >= 0.6 is 22.9 Å². The van der Waals surface area contributed by atoms with E-state index in [2.05, 4.69) is 6.07 Å². The number of amides is 1. The lowest BCUT2D eigenvalue weighted by atomic mass is 9.93. The third-order valence-electron chi connectivity index (χ3n) is 5.92. The Hall–Kier alpha value is -2.19. The van der Waals surface area contributed by atoms with Crippen LogP contribution in [0.2, 0.25) is 5.02 Å². The second kappa shape index (κ2) is 9.97. The average molecular weight is 503 g/mol. The number of sulfonamides is 1. The molecule has 0 saturated heterocycles. The van der Waals surface area contributed by atoms with Crippen LogP contribution in [0.15, 0.2) is 64.9 Å². The van der Waals surface area contributed by atoms with Gasteiger partial charge < -0.3 is 4.90 Å². The first-order valence-electron chi connectivity index (χ1n) is 11.0. The van der Waals surface area contributed by atoms with E-state index in [1.54, 1.807) is 35.6 Å². The summed E-state index contributed by atoms with van der Waals surface area (Å²) in [6, 6.07) is 16.1. The number of thiophene rings is 1. The molecular formula is C25H27ClN2O3S2. The van der Waals surface area contributed by atoms with Crippen LogP contribution in [0.5, 0.6) is 0 Å². The average Bonchev–Trinajstić information content (AvgIpc) is 3.28. The Balaban J connectivity index is 1.64. The minimum Gasteiger partial charge on any atom is -0.330 e. The molecule has 0 saturated carbocycles. The molecule has 0 aliphatic carbocycles. The molecule has 1 atom stereocenters. The van der Waals surface area contributed by atoms with E-state index >= 15 is 0 Å². The van der Waals surface area contributed by atoms with Crippen LogP contribution in [-0.4, -0.2) is 43.2 Å². The molecule has 174 valence electrons. The molecule has 0 bridgehead atoms. The highest BCUT2D eigenvalue weighted by Crippen LogP contribution is 2.38. The summed E-state index contributed by atoms with van der Waals surface area (Å²) in [4.78, 5) is 16.9. The number of hydrogen-bond donors (Lipinski definition) is 0. The minimum atomic E-state index is -3.78. The van der Waals surface area contributed by atoms with Gasteiger partial charge in [-0.15, -0.1) is 11.3 Å². The van der Waals surface area contributed by atoms with Crippen LogP contribution in [0.3, 0.4) is 0 Å². The van der Waals surface area contributed by atoms with Crippen molar-refractivity contribution in [1.29, 1.82) is 0 Å². The zero-order chi connectivity index (χ0) is 23.6. The number of nitrogens with zero attached hydrogens (tertiary/aromatic N) is 2. The lowest BCUT2D eigenvalue weighted by molar-refractivity contribution is -0.133. The zero-order valence-corrected chi connectivity index (χ0v) is 21.1. The fraction of sp³-hybridized carbons (Fsp3) is 0.320. The Kier molecular flexibility index (Phi) is 7.24. The number of halogens is 1. The summed E-state index contributed by atoms with van der Waals surface area (Å²) >= 11 is 7.79. The van der Waals surface area contributed by atoms with Gasteiger partial charge >= 0.3 is 0 Å². The van der Waals surface area contributed by atoms with Gasteiger partial charge in [-0.05, 0) is 66.6 Å². The third-order valence-corrected chi connectivity index (χ3v) is 9.02. The third kappa shape index (κ3) is 5.01. The van der Waals surface area contributed by atoms with E-state index in [1.807, 2.05) is 48.4 Å². The molecule has 0 spiro atoms. The molecule has 8 heteroatoms. The number of carbonyl (C=O) groups excluding carboxylic acids is 1. The number of rotatable bonds is 7. The lowest BCUT2D eigenvalue weighted by Crippen LogP contribution is -2.46. The van der Waals surface area contributed by atoms with E-state index in [9.17, 15) is 13.2 Å². The molecule has 4 rings (SSSR count). The second-order valence-electron chi connectivity index (χ2n) is 8.24. The fourth-order valence-electron chi connectivity index (χ4n) is 4.22. The molecule has 3 aromatic rings. The SMILES string of the molecule is CCCN(CC(=O)N1CCc2sccc2C1c1ccc(Cl)cc1)S(=O)(=O)c1ccc(C)cc1. The summed E-state index contributed by atoms with van der Waals surface area (Å²) in [6.07, 6.45) is 1.38. The van der Waals surface area contributed by atoms with E-state index in [0.29, 0.717) is 18.0 Å². The Morgan fingerprint density at radius 2 is 1.82 bits per heavy atom. The first-order valence-corrected chi connectivity index (χ1v) is 13.7. The van der Waals surface area contributed by atoms with Gasteiger partial charge in [-0.25, -0.2) is 8.42 Å². The molecule has 5 nitrogen and oxygen atoms in total. The highest BCUT2D eigenvalue weighted by atomic mass is 35.5. The van der Waals surface area contributed by atoms with Crippen molar-refractivity contribution in [1.82, 2.24) is 9.21 Å². The van der Waals surface area contributed by atoms with Crippen LogP contribution in [-0.2, 0) is 21.2 Å². The van der Waals surface area contributed by atoms with Gasteiger partial charge in [-0.1, -0.05) is 48.4 Å². The van der Waals surface area contributed by atoms with Gasteiger partial charge in [0.25, 0.3) is 0 Å². The predicted octanol–water partition coefficient (Wildman–Crippen LogP) is 5.28. The topological polar surface area (TPSA) is 57.7 Å². The lowest BCUT2D eigenvalue weighted by Gasteiger charge is -2.37. The quantitative estimate of drug-likeness (QED) is 0.441. The number of aryl methyl sites for hydroxylation is 1. The summed E-state index contributed by atoms with van der Waals surface area (Å²) in [6.45, 7) is 4.47. The van der Waals surface area contributed by atoms with Crippen LogP contribution in [0, 0.1) is 6.92 Å². The van der Waals surface area contributed by atoms with Crippen LogP contribution in [0.4, 0.5) is 0 Å². The largest absolute Gasteiger partial charge is 0.330 e. The summed E-state index contributed by atoms with van der Waals surface area (Å²) in [5.41, 5.74) is 3.05. The van der Waals surface area contributed by atoms with Crippen molar-refractivity contribution < 1.29 is 13.2 Å². The van der Waals surface area contributed by atoms with Crippen molar-refractivity contribution in [3.8, 4) is 0 Å². The summed E-state index contributed by atoms with van der Waals surface area (Å²) in [5.74, 6) is -0.198. The number of carbonyl (C=O) groups is 1. The van der Waals surface area contributed by atoms with Gasteiger partial charge in [0.2, 0.25) is 15.9 Å². The summed E-state index contributed by atoms with van der Waals surface area (Å²) in [7, 11) is -3.78. The number of fused-ring (bicyclic) bond motifs is 1. The van der Waals surface area contributed by atoms with Gasteiger partial charge in [-0.2, -0.15) is 4.31 Å². The Morgan fingerprint density at radius 3 is 2.48 bits per heavy atom. The van der Waals surface area contributed by atoms with Crippen LogP contribution in [0.25, 0.3) is 0 Å². The molecular weight excluding hydrogens is 476 g/mol. The van der Waals surface area contributed by atoms with E-state index in [1.165, 1.54) is 9.18 Å². The van der Waals surface area contributed by atoms with Crippen molar-refractivity contribution >= 4 is 38.9 Å². The summed E-state index contributed by atoms with van der Waals surface area (Å²) in [5, 5.41) is 2.68. The molecule has 33 heavy (non-hydrogen) atoms. The molecule has 0 N–H and O–H groups in total. The predicted molar refractivity (Wildman–Crippen MR) is 133 cm³/mol. The fourth-order valence-corrected chi connectivity index (χ4v) is 6.74. The minimum absolute atomic E-state index is 0.187. The van der Waals surface area contributed by atoms with Crippen LogP contribution in [0.1, 0.15) is 41.0 Å².